The van der Waals surface area contributed by atoms with E-state index in [0.29, 0.717) is 5.54 Å². The number of hydrogen-bond acceptors (Lipinski definition) is 4. The van der Waals surface area contributed by atoms with Crippen molar-refractivity contribution >= 4 is 0 Å². The molecular weight excluding hydrogens is 200 g/mol. The van der Waals surface area contributed by atoms with E-state index in [1.54, 1.807) is 0 Å². The smallest absolute Gasteiger partial charge is 0.0569 e. The predicted octanol–water partition coefficient (Wildman–Crippen LogP) is 0.324. The highest BCUT2D eigenvalue weighted by Gasteiger charge is 2.47. The lowest BCUT2D eigenvalue weighted by Crippen LogP contribution is -2.79. The molecular formula is C12H24N4. The van der Waals surface area contributed by atoms with Gasteiger partial charge < -0.3 is 5.32 Å². The molecule has 0 saturated carbocycles. The maximum atomic E-state index is 3.84. The van der Waals surface area contributed by atoms with Gasteiger partial charge in [-0.15, -0.1) is 0 Å². The normalized spacial score (nSPS) is 45.2. The molecule has 0 unspecified atom stereocenters. The lowest BCUT2D eigenvalue weighted by atomic mass is 9.90. The quantitative estimate of drug-likeness (QED) is 0.679. The zero-order valence-corrected chi connectivity index (χ0v) is 10.4. The van der Waals surface area contributed by atoms with Crippen LogP contribution < -0.4 is 5.32 Å². The van der Waals surface area contributed by atoms with Gasteiger partial charge in [0.2, 0.25) is 0 Å². The molecule has 0 aromatic heterocycles. The lowest BCUT2D eigenvalue weighted by molar-refractivity contribution is -0.149. The van der Waals surface area contributed by atoms with E-state index in [4.69, 9.17) is 0 Å². The zero-order chi connectivity index (χ0) is 11.0. The Kier molecular flexibility index (Phi) is 2.92. The average Bonchev–Trinajstić information content (AvgIpc) is 2.22. The van der Waals surface area contributed by atoms with Crippen molar-refractivity contribution in [1.29, 1.82) is 0 Å². The van der Waals surface area contributed by atoms with Gasteiger partial charge in [0, 0.05) is 19.6 Å². The lowest BCUT2D eigenvalue weighted by Gasteiger charge is -2.60. The predicted molar refractivity (Wildman–Crippen MR) is 65.0 cm³/mol. The average molecular weight is 224 g/mol. The first-order valence-corrected chi connectivity index (χ1v) is 6.72. The summed E-state index contributed by atoms with van der Waals surface area (Å²) >= 11 is 0. The molecule has 4 nitrogen and oxygen atoms in total. The van der Waals surface area contributed by atoms with Crippen molar-refractivity contribution in [3.8, 4) is 0 Å². The number of hydrogen-bond donors (Lipinski definition) is 1. The van der Waals surface area contributed by atoms with E-state index in [-0.39, 0.29) is 0 Å². The van der Waals surface area contributed by atoms with Crippen LogP contribution in [0.5, 0.6) is 0 Å². The second-order valence-corrected chi connectivity index (χ2v) is 5.83. The summed E-state index contributed by atoms with van der Waals surface area (Å²) in [6.45, 7) is 10.8. The Balaban J connectivity index is 1.56. The standard InChI is InChI=1S/C12H24N4/c1-2-3-4-5-13-12-6-14-9-15(7-12)11-16(8-12)10-14/h13H,2-11H2,1H3. The molecule has 0 atom stereocenters. The van der Waals surface area contributed by atoms with E-state index < -0.39 is 0 Å². The third-order valence-electron chi connectivity index (χ3n) is 4.06. The molecule has 0 radical (unpaired) electrons. The van der Waals surface area contributed by atoms with Crippen LogP contribution in [0.25, 0.3) is 0 Å². The highest BCUT2D eigenvalue weighted by Crippen LogP contribution is 2.28. The molecule has 4 aliphatic rings. The van der Waals surface area contributed by atoms with Crippen molar-refractivity contribution in [2.45, 2.75) is 31.7 Å². The van der Waals surface area contributed by atoms with Crippen LogP contribution in [0.2, 0.25) is 0 Å². The minimum atomic E-state index is 0.377. The molecule has 4 fully saturated rings. The van der Waals surface area contributed by atoms with Gasteiger partial charge in [0.05, 0.1) is 25.5 Å². The molecule has 0 aliphatic carbocycles. The van der Waals surface area contributed by atoms with Gasteiger partial charge in [-0.2, -0.15) is 0 Å². The molecule has 1 N–H and O–H groups in total. The Hall–Kier alpha value is -0.160. The first-order chi connectivity index (χ1) is 7.80. The molecule has 4 heteroatoms. The van der Waals surface area contributed by atoms with Gasteiger partial charge in [0.1, 0.15) is 0 Å². The molecule has 16 heavy (non-hydrogen) atoms. The Morgan fingerprint density at radius 2 is 1.50 bits per heavy atom. The maximum Gasteiger partial charge on any atom is 0.0569 e. The second-order valence-electron chi connectivity index (χ2n) is 5.83. The van der Waals surface area contributed by atoms with Crippen LogP contribution in [0.15, 0.2) is 0 Å². The van der Waals surface area contributed by atoms with E-state index in [1.807, 2.05) is 0 Å². The van der Waals surface area contributed by atoms with Gasteiger partial charge in [-0.05, 0) is 13.0 Å². The summed E-state index contributed by atoms with van der Waals surface area (Å²) in [5.74, 6) is 0. The fourth-order valence-electron chi connectivity index (χ4n) is 3.61. The molecule has 92 valence electrons. The summed E-state index contributed by atoms with van der Waals surface area (Å²) < 4.78 is 0. The van der Waals surface area contributed by atoms with Gasteiger partial charge in [0.15, 0.2) is 0 Å². The number of nitrogens with one attached hydrogen (secondary N) is 1. The van der Waals surface area contributed by atoms with Crippen molar-refractivity contribution in [2.75, 3.05) is 46.2 Å². The molecule has 0 aromatic rings. The number of unbranched alkanes of at least 4 members (excludes halogenated alkanes) is 2. The Labute approximate surface area is 98.6 Å². The molecule has 4 heterocycles. The van der Waals surface area contributed by atoms with E-state index in [0.717, 1.165) is 0 Å². The first kappa shape index (κ1) is 11.0. The fourth-order valence-corrected chi connectivity index (χ4v) is 3.61. The van der Waals surface area contributed by atoms with Gasteiger partial charge in [-0.1, -0.05) is 19.8 Å². The van der Waals surface area contributed by atoms with E-state index >= 15 is 0 Å². The van der Waals surface area contributed by atoms with Crippen molar-refractivity contribution in [2.24, 2.45) is 0 Å². The number of rotatable bonds is 5. The van der Waals surface area contributed by atoms with E-state index in [1.165, 1.54) is 65.4 Å². The van der Waals surface area contributed by atoms with Crippen LogP contribution in [-0.4, -0.2) is 66.4 Å². The molecule has 4 aliphatic heterocycles. The van der Waals surface area contributed by atoms with Gasteiger partial charge in [0.25, 0.3) is 0 Å². The third-order valence-corrected chi connectivity index (χ3v) is 4.06. The van der Waals surface area contributed by atoms with Crippen LogP contribution in [0.1, 0.15) is 26.2 Å². The summed E-state index contributed by atoms with van der Waals surface area (Å²) in [5.41, 5.74) is 0.377. The topological polar surface area (TPSA) is 21.8 Å². The molecule has 0 spiro atoms. The molecule has 4 saturated heterocycles. The second kappa shape index (κ2) is 4.26. The minimum absolute atomic E-state index is 0.377. The molecule has 0 aromatic carbocycles. The molecule has 4 rings (SSSR count). The van der Waals surface area contributed by atoms with Crippen molar-refractivity contribution in [1.82, 2.24) is 20.0 Å². The fraction of sp³-hybridized carbons (Fsp3) is 1.00. The van der Waals surface area contributed by atoms with Gasteiger partial charge in [-0.25, -0.2) is 0 Å². The molecule has 0 amide bonds. The van der Waals surface area contributed by atoms with Crippen LogP contribution in [0.4, 0.5) is 0 Å². The summed E-state index contributed by atoms with van der Waals surface area (Å²) in [6, 6.07) is 0. The van der Waals surface area contributed by atoms with Crippen LogP contribution in [0.3, 0.4) is 0 Å². The summed E-state index contributed by atoms with van der Waals surface area (Å²) in [5, 5.41) is 3.84. The van der Waals surface area contributed by atoms with Crippen LogP contribution >= 0.6 is 0 Å². The highest BCUT2D eigenvalue weighted by atomic mass is 15.6. The summed E-state index contributed by atoms with van der Waals surface area (Å²) in [6.07, 6.45) is 4.01. The SMILES string of the molecule is CCCCCNC12CN3CN(CN(C3)C1)C2. The van der Waals surface area contributed by atoms with Crippen molar-refractivity contribution in [3.05, 3.63) is 0 Å². The highest BCUT2D eigenvalue weighted by molar-refractivity contribution is 5.05. The largest absolute Gasteiger partial charge is 0.308 e. The maximum absolute atomic E-state index is 3.84. The van der Waals surface area contributed by atoms with E-state index in [9.17, 15) is 0 Å². The minimum Gasteiger partial charge on any atom is -0.308 e. The van der Waals surface area contributed by atoms with Crippen molar-refractivity contribution in [3.63, 3.8) is 0 Å². The van der Waals surface area contributed by atoms with E-state index in [2.05, 4.69) is 26.9 Å². The monoisotopic (exact) mass is 224 g/mol. The summed E-state index contributed by atoms with van der Waals surface area (Å²) in [4.78, 5) is 7.72. The van der Waals surface area contributed by atoms with Gasteiger partial charge >= 0.3 is 0 Å². The Morgan fingerprint density at radius 1 is 0.938 bits per heavy atom. The van der Waals surface area contributed by atoms with Gasteiger partial charge in [-0.3, -0.25) is 14.7 Å². The third kappa shape index (κ3) is 1.99. The first-order valence-electron chi connectivity index (χ1n) is 6.72. The zero-order valence-electron chi connectivity index (χ0n) is 10.4. The van der Waals surface area contributed by atoms with Crippen LogP contribution in [-0.2, 0) is 0 Å². The van der Waals surface area contributed by atoms with Crippen LogP contribution in [0, 0.1) is 0 Å². The summed E-state index contributed by atoms with van der Waals surface area (Å²) in [7, 11) is 0. The molecule has 4 bridgehead atoms. The van der Waals surface area contributed by atoms with Crippen molar-refractivity contribution < 1.29 is 0 Å². The Bertz CT molecular complexity index is 218. The number of nitrogens with zero attached hydrogens (tertiary/aromatic N) is 3. The Morgan fingerprint density at radius 3 is 2.00 bits per heavy atom.